The first kappa shape index (κ1) is 35.6. The molecule has 4 heterocycles. The predicted octanol–water partition coefficient (Wildman–Crippen LogP) is 15.6. The molecule has 5 nitrogen and oxygen atoms in total. The quantitative estimate of drug-likeness (QED) is 0.168. The normalized spacial score (nSPS) is 11.8. The van der Waals surface area contributed by atoms with Gasteiger partial charge in [0.1, 0.15) is 11.2 Å². The van der Waals surface area contributed by atoms with Crippen LogP contribution in [0.4, 0.5) is 0 Å². The summed E-state index contributed by atoms with van der Waals surface area (Å²) in [5.41, 5.74) is 12.3. The molecule has 63 heavy (non-hydrogen) atoms. The van der Waals surface area contributed by atoms with Gasteiger partial charge in [0.2, 0.25) is 0 Å². The van der Waals surface area contributed by atoms with Gasteiger partial charge in [-0.1, -0.05) is 127 Å². The molecule has 0 amide bonds. The second kappa shape index (κ2) is 14.2. The first-order chi connectivity index (χ1) is 31.2. The number of nitrogens with zero attached hydrogens (tertiary/aromatic N) is 4. The van der Waals surface area contributed by atoms with Crippen molar-refractivity contribution in [2.45, 2.75) is 0 Å². The van der Waals surface area contributed by atoms with Gasteiger partial charge in [-0.25, -0.2) is 15.0 Å². The Morgan fingerprint density at radius 3 is 1.56 bits per heavy atom. The van der Waals surface area contributed by atoms with Gasteiger partial charge in [-0.05, 0) is 101 Å². The van der Waals surface area contributed by atoms with Gasteiger partial charge in [-0.2, -0.15) is 0 Å². The van der Waals surface area contributed by atoms with Gasteiger partial charge in [0.15, 0.2) is 17.5 Å². The molecule has 0 N–H and O–H groups in total. The van der Waals surface area contributed by atoms with Crippen LogP contribution in [0.25, 0.3) is 126 Å². The van der Waals surface area contributed by atoms with Crippen LogP contribution in [-0.4, -0.2) is 19.5 Å². The van der Waals surface area contributed by atoms with E-state index in [9.17, 15) is 0 Å². The fourth-order valence-corrected chi connectivity index (χ4v) is 10.4. The van der Waals surface area contributed by atoms with Crippen LogP contribution in [0.15, 0.2) is 211 Å². The summed E-state index contributed by atoms with van der Waals surface area (Å²) in [7, 11) is 0. The number of benzene rings is 9. The molecule has 294 valence electrons. The van der Waals surface area contributed by atoms with E-state index in [0.29, 0.717) is 17.5 Å². The van der Waals surface area contributed by atoms with Gasteiger partial charge in [0.05, 0.1) is 11.0 Å². The molecule has 0 atom stereocenters. The summed E-state index contributed by atoms with van der Waals surface area (Å²) in [5.74, 6) is 1.83. The lowest BCUT2D eigenvalue weighted by Gasteiger charge is -2.12. The van der Waals surface area contributed by atoms with Gasteiger partial charge in [-0.15, -0.1) is 11.3 Å². The molecule has 9 aromatic carbocycles. The van der Waals surface area contributed by atoms with E-state index in [-0.39, 0.29) is 0 Å². The minimum absolute atomic E-state index is 0.606. The molecule has 0 saturated heterocycles. The van der Waals surface area contributed by atoms with Crippen molar-refractivity contribution in [3.05, 3.63) is 206 Å². The summed E-state index contributed by atoms with van der Waals surface area (Å²) in [6, 6.07) is 72.6. The van der Waals surface area contributed by atoms with Crippen molar-refractivity contribution in [2.75, 3.05) is 0 Å². The summed E-state index contributed by atoms with van der Waals surface area (Å²) in [6.07, 6.45) is 0. The number of hydrogen-bond donors (Lipinski definition) is 0. The summed E-state index contributed by atoms with van der Waals surface area (Å²) in [5, 5.41) is 7.24. The Balaban J connectivity index is 0.945. The van der Waals surface area contributed by atoms with Gasteiger partial charge in [0.25, 0.3) is 0 Å². The summed E-state index contributed by atoms with van der Waals surface area (Å²) >= 11 is 1.83. The summed E-state index contributed by atoms with van der Waals surface area (Å²) < 4.78 is 11.3. The molecule has 4 aromatic heterocycles. The maximum atomic E-state index is 6.45. The topological polar surface area (TPSA) is 56.7 Å². The number of aromatic nitrogens is 4. The van der Waals surface area contributed by atoms with E-state index in [2.05, 4.69) is 205 Å². The first-order valence-corrected chi connectivity index (χ1v) is 21.9. The van der Waals surface area contributed by atoms with Crippen molar-refractivity contribution in [1.82, 2.24) is 19.5 Å². The zero-order chi connectivity index (χ0) is 41.4. The van der Waals surface area contributed by atoms with Crippen LogP contribution >= 0.6 is 11.3 Å². The molecule has 0 aliphatic rings. The van der Waals surface area contributed by atoms with E-state index in [1.165, 1.54) is 42.0 Å². The molecule has 0 aliphatic carbocycles. The number of rotatable bonds is 6. The Labute approximate surface area is 365 Å². The highest BCUT2D eigenvalue weighted by atomic mass is 32.1. The lowest BCUT2D eigenvalue weighted by Crippen LogP contribution is -2.01. The molecule has 0 fully saturated rings. The van der Waals surface area contributed by atoms with Crippen LogP contribution in [0.2, 0.25) is 0 Å². The second-order valence-corrected chi connectivity index (χ2v) is 17.1. The molecule has 0 bridgehead atoms. The fraction of sp³-hybridized carbons (Fsp3) is 0. The highest BCUT2D eigenvalue weighted by molar-refractivity contribution is 7.26. The van der Waals surface area contributed by atoms with E-state index in [0.717, 1.165) is 66.6 Å². The zero-order valence-corrected chi connectivity index (χ0v) is 34.6. The Morgan fingerprint density at radius 1 is 0.333 bits per heavy atom. The third-order valence-corrected chi connectivity index (χ3v) is 13.4. The highest BCUT2D eigenvalue weighted by Gasteiger charge is 2.18. The second-order valence-electron chi connectivity index (χ2n) is 16.0. The van der Waals surface area contributed by atoms with Crippen LogP contribution in [0, 0.1) is 0 Å². The first-order valence-electron chi connectivity index (χ1n) is 21.1. The third-order valence-electron chi connectivity index (χ3n) is 12.3. The standard InChI is InChI=1S/C57H34N4OS/c1-2-12-35(13-3-1)37-14-10-16-40(32-37)56-58-55(36-24-27-42(28-25-36)61-47-21-7-4-18-43(47)44-19-5-8-22-48(44)61)59-57(60-56)41-17-11-15-38(33-41)39-26-29-49-46(34-39)53-50(62-49)30-31-52-54(53)45-20-6-9-23-51(45)63-52/h1-34H. The van der Waals surface area contributed by atoms with E-state index in [1.807, 2.05) is 17.4 Å². The maximum absolute atomic E-state index is 6.45. The van der Waals surface area contributed by atoms with Gasteiger partial charge < -0.3 is 8.98 Å². The number of hydrogen-bond acceptors (Lipinski definition) is 5. The van der Waals surface area contributed by atoms with Crippen molar-refractivity contribution in [1.29, 1.82) is 0 Å². The van der Waals surface area contributed by atoms with E-state index < -0.39 is 0 Å². The zero-order valence-electron chi connectivity index (χ0n) is 33.7. The summed E-state index contributed by atoms with van der Waals surface area (Å²) in [4.78, 5) is 15.6. The SMILES string of the molecule is c1ccc(-c2cccc(-c3nc(-c4ccc(-n5c6ccccc6c6ccccc65)cc4)nc(-c4cccc(-c5ccc6oc7ccc8sc9ccccc9c8c7c6c5)c4)n3)c2)cc1. The molecular formula is C57H34N4OS. The average molecular weight is 823 g/mol. The Morgan fingerprint density at radius 2 is 0.857 bits per heavy atom. The summed E-state index contributed by atoms with van der Waals surface area (Å²) in [6.45, 7) is 0. The van der Waals surface area contributed by atoms with Crippen LogP contribution in [0.3, 0.4) is 0 Å². The Bertz CT molecular complexity index is 3860. The lowest BCUT2D eigenvalue weighted by atomic mass is 9.99. The number of fused-ring (bicyclic) bond motifs is 10. The highest BCUT2D eigenvalue weighted by Crippen LogP contribution is 2.43. The predicted molar refractivity (Wildman–Crippen MR) is 262 cm³/mol. The van der Waals surface area contributed by atoms with E-state index in [1.54, 1.807) is 0 Å². The van der Waals surface area contributed by atoms with Crippen molar-refractivity contribution in [3.8, 4) is 62.1 Å². The molecular weight excluding hydrogens is 789 g/mol. The molecule has 13 rings (SSSR count). The molecule has 6 heteroatoms. The minimum Gasteiger partial charge on any atom is -0.456 e. The lowest BCUT2D eigenvalue weighted by molar-refractivity contribution is 0.669. The monoisotopic (exact) mass is 822 g/mol. The number of thiophene rings is 1. The van der Waals surface area contributed by atoms with E-state index >= 15 is 0 Å². The van der Waals surface area contributed by atoms with Gasteiger partial charge >= 0.3 is 0 Å². The van der Waals surface area contributed by atoms with Crippen LogP contribution < -0.4 is 0 Å². The van der Waals surface area contributed by atoms with Crippen LogP contribution in [-0.2, 0) is 0 Å². The smallest absolute Gasteiger partial charge is 0.164 e. The van der Waals surface area contributed by atoms with Gasteiger partial charge in [-0.3, -0.25) is 0 Å². The average Bonchev–Trinajstić information content (AvgIpc) is 4.03. The van der Waals surface area contributed by atoms with Crippen molar-refractivity contribution in [3.63, 3.8) is 0 Å². The Hall–Kier alpha value is -8.19. The molecule has 0 aliphatic heterocycles. The van der Waals surface area contributed by atoms with Crippen molar-refractivity contribution in [2.24, 2.45) is 0 Å². The molecule has 0 spiro atoms. The number of para-hydroxylation sites is 2. The molecule has 0 saturated carbocycles. The minimum atomic E-state index is 0.606. The van der Waals surface area contributed by atoms with Crippen molar-refractivity contribution >= 4 is 75.3 Å². The van der Waals surface area contributed by atoms with Gasteiger partial charge in [0, 0.05) is 64.1 Å². The maximum Gasteiger partial charge on any atom is 0.164 e. The molecule has 13 aromatic rings. The Kier molecular flexibility index (Phi) is 8.01. The third kappa shape index (κ3) is 5.87. The van der Waals surface area contributed by atoms with E-state index in [4.69, 9.17) is 19.4 Å². The largest absolute Gasteiger partial charge is 0.456 e. The molecule has 0 radical (unpaired) electrons. The van der Waals surface area contributed by atoms with Crippen LogP contribution in [0.5, 0.6) is 0 Å². The van der Waals surface area contributed by atoms with Crippen LogP contribution in [0.1, 0.15) is 0 Å². The number of furan rings is 1. The fourth-order valence-electron chi connectivity index (χ4n) is 9.29. The molecule has 0 unspecified atom stereocenters. The van der Waals surface area contributed by atoms with Crippen molar-refractivity contribution < 1.29 is 4.42 Å².